The maximum atomic E-state index is 12.9. The number of non-ortho nitro benzene ring substituents is 1. The van der Waals surface area contributed by atoms with E-state index in [0.29, 0.717) is 5.71 Å². The van der Waals surface area contributed by atoms with Gasteiger partial charge in [0.25, 0.3) is 11.6 Å². The minimum atomic E-state index is -0.775. The lowest BCUT2D eigenvalue weighted by Gasteiger charge is -2.13. The number of amides is 1. The Morgan fingerprint density at radius 3 is 2.41 bits per heavy atom. The molecule has 0 saturated carbocycles. The fourth-order valence-corrected chi connectivity index (χ4v) is 2.86. The van der Waals surface area contributed by atoms with Gasteiger partial charge in [0.2, 0.25) is 0 Å². The summed E-state index contributed by atoms with van der Waals surface area (Å²) in [4.78, 5) is 35.6. The molecule has 0 aliphatic carbocycles. The number of nitro groups is 2. The van der Waals surface area contributed by atoms with Crippen molar-refractivity contribution in [3.05, 3.63) is 73.8 Å². The normalized spacial score (nSPS) is 14.9. The highest BCUT2D eigenvalue weighted by Gasteiger charge is 2.34. The van der Waals surface area contributed by atoms with Crippen molar-refractivity contribution in [2.24, 2.45) is 5.10 Å². The summed E-state index contributed by atoms with van der Waals surface area (Å²) >= 11 is 0. The van der Waals surface area contributed by atoms with E-state index in [1.165, 1.54) is 0 Å². The van der Waals surface area contributed by atoms with Crippen molar-refractivity contribution in [3.63, 3.8) is 0 Å². The molecule has 0 unspecified atom stereocenters. The Bertz CT molecular complexity index is 1090. The molecule has 0 bridgehead atoms. The van der Waals surface area contributed by atoms with Crippen LogP contribution in [0.1, 0.15) is 12.5 Å². The van der Waals surface area contributed by atoms with Gasteiger partial charge < -0.3 is 4.90 Å². The summed E-state index contributed by atoms with van der Waals surface area (Å²) in [5.74, 6) is -0.547. The van der Waals surface area contributed by atoms with E-state index in [9.17, 15) is 25.0 Å². The lowest BCUT2D eigenvalue weighted by molar-refractivity contribution is -0.393. The van der Waals surface area contributed by atoms with E-state index in [2.05, 4.69) is 5.10 Å². The number of nitrogens with zero attached hydrogens (tertiary/aromatic N) is 5. The molecule has 3 rings (SSSR count). The van der Waals surface area contributed by atoms with Gasteiger partial charge >= 0.3 is 5.69 Å². The lowest BCUT2D eigenvalue weighted by atomic mass is 10.1. The van der Waals surface area contributed by atoms with Crippen molar-refractivity contribution in [3.8, 4) is 0 Å². The van der Waals surface area contributed by atoms with Crippen molar-refractivity contribution < 1.29 is 14.6 Å². The number of rotatable bonds is 5. The van der Waals surface area contributed by atoms with Gasteiger partial charge in [-0.2, -0.15) is 10.1 Å². The quantitative estimate of drug-likeness (QED) is 0.434. The second-order valence-corrected chi connectivity index (χ2v) is 6.54. The summed E-state index contributed by atoms with van der Waals surface area (Å²) in [5, 5.41) is 27.4. The van der Waals surface area contributed by atoms with Crippen LogP contribution in [-0.2, 0) is 4.79 Å². The Morgan fingerprint density at radius 2 is 1.79 bits per heavy atom. The smallest absolute Gasteiger partial charge is 0.301 e. The van der Waals surface area contributed by atoms with E-state index in [1.807, 2.05) is 43.3 Å². The molecule has 0 atom stereocenters. The predicted molar refractivity (Wildman–Crippen MR) is 109 cm³/mol. The minimum absolute atomic E-state index is 0.129. The molecular formula is C19H17N5O5. The van der Waals surface area contributed by atoms with E-state index in [0.717, 1.165) is 34.5 Å². The summed E-state index contributed by atoms with van der Waals surface area (Å²) in [5.41, 5.74) is 1.25. The van der Waals surface area contributed by atoms with Gasteiger partial charge in [0.05, 0.1) is 27.2 Å². The molecule has 0 N–H and O–H groups in total. The first kappa shape index (κ1) is 19.7. The van der Waals surface area contributed by atoms with Crippen LogP contribution in [0, 0.1) is 20.2 Å². The summed E-state index contributed by atoms with van der Waals surface area (Å²) < 4.78 is 0. The first-order valence-electron chi connectivity index (χ1n) is 8.51. The number of hydrazone groups is 1. The fraction of sp³-hybridized carbons (Fsp3) is 0.158. The zero-order chi connectivity index (χ0) is 21.3. The van der Waals surface area contributed by atoms with Gasteiger partial charge in [-0.1, -0.05) is 12.1 Å². The number of carbonyl (C=O) groups is 1. The lowest BCUT2D eigenvalue weighted by Crippen LogP contribution is -2.22. The maximum Gasteiger partial charge on any atom is 0.301 e. The summed E-state index contributed by atoms with van der Waals surface area (Å²) in [6.07, 6.45) is 1.66. The molecule has 1 aliphatic rings. The van der Waals surface area contributed by atoms with Gasteiger partial charge in [0, 0.05) is 25.8 Å². The van der Waals surface area contributed by atoms with Gasteiger partial charge in [0.1, 0.15) is 5.69 Å². The van der Waals surface area contributed by atoms with E-state index < -0.39 is 27.1 Å². The Balaban J connectivity index is 2.02. The molecule has 2 aromatic rings. The third-order valence-corrected chi connectivity index (χ3v) is 4.35. The number of hydrogen-bond donors (Lipinski definition) is 0. The second-order valence-electron chi connectivity index (χ2n) is 6.54. The molecule has 29 heavy (non-hydrogen) atoms. The zero-order valence-electron chi connectivity index (χ0n) is 15.9. The molecule has 148 valence electrons. The number of carbonyl (C=O) groups excluding carboxylic acids is 1. The molecule has 10 nitrogen and oxygen atoms in total. The zero-order valence-corrected chi connectivity index (χ0v) is 15.9. The molecule has 1 aliphatic heterocycles. The maximum absolute atomic E-state index is 12.9. The number of benzene rings is 2. The highest BCUT2D eigenvalue weighted by Crippen LogP contribution is 2.35. The molecule has 10 heteroatoms. The Morgan fingerprint density at radius 1 is 1.07 bits per heavy atom. The molecule has 1 amide bonds. The highest BCUT2D eigenvalue weighted by molar-refractivity contribution is 6.32. The number of hydrogen-bond acceptors (Lipinski definition) is 7. The van der Waals surface area contributed by atoms with E-state index in [-0.39, 0.29) is 11.3 Å². The highest BCUT2D eigenvalue weighted by atomic mass is 16.6. The molecule has 2 aromatic carbocycles. The molecule has 0 radical (unpaired) electrons. The largest absolute Gasteiger partial charge is 0.378 e. The number of anilines is 2. The average Bonchev–Trinajstić information content (AvgIpc) is 2.95. The van der Waals surface area contributed by atoms with Crippen molar-refractivity contribution >= 4 is 40.4 Å². The fourth-order valence-electron chi connectivity index (χ4n) is 2.86. The molecule has 0 saturated heterocycles. The topological polar surface area (TPSA) is 122 Å². The van der Waals surface area contributed by atoms with Gasteiger partial charge in [-0.25, -0.2) is 0 Å². The molecule has 0 aromatic heterocycles. The van der Waals surface area contributed by atoms with E-state index in [1.54, 1.807) is 13.0 Å². The van der Waals surface area contributed by atoms with Gasteiger partial charge in [-0.05, 0) is 36.8 Å². The van der Waals surface area contributed by atoms with Crippen LogP contribution in [0.2, 0.25) is 0 Å². The van der Waals surface area contributed by atoms with Crippen LogP contribution in [0.5, 0.6) is 0 Å². The van der Waals surface area contributed by atoms with Crippen molar-refractivity contribution in [2.75, 3.05) is 24.0 Å². The summed E-state index contributed by atoms with van der Waals surface area (Å²) in [6.45, 7) is 1.62. The Kier molecular flexibility index (Phi) is 5.09. The van der Waals surface area contributed by atoms with Gasteiger partial charge in [0.15, 0.2) is 0 Å². The van der Waals surface area contributed by atoms with Crippen molar-refractivity contribution in [2.45, 2.75) is 6.92 Å². The third kappa shape index (κ3) is 3.81. The Hall–Kier alpha value is -4.08. The Labute approximate surface area is 165 Å². The molecule has 1 heterocycles. The van der Waals surface area contributed by atoms with Crippen LogP contribution >= 0.6 is 0 Å². The van der Waals surface area contributed by atoms with Gasteiger partial charge in [-0.3, -0.25) is 25.0 Å². The minimum Gasteiger partial charge on any atom is -0.378 e. The van der Waals surface area contributed by atoms with Gasteiger partial charge in [-0.15, -0.1) is 0 Å². The second kappa shape index (κ2) is 7.50. The first-order valence-corrected chi connectivity index (χ1v) is 8.51. The number of nitro benzene ring substituents is 2. The standard InChI is InChI=1S/C19H17N5O5/c1-12-16(10-13-5-4-6-14(9-13)21(2)3)19(25)22(20-12)17-8-7-15(23(26)27)11-18(17)24(28)29/h4-11H,1-3H3/b16-10-. The monoisotopic (exact) mass is 395 g/mol. The first-order chi connectivity index (χ1) is 13.7. The summed E-state index contributed by atoms with van der Waals surface area (Å²) in [6, 6.07) is 10.6. The van der Waals surface area contributed by atoms with Crippen molar-refractivity contribution in [1.29, 1.82) is 0 Å². The SMILES string of the molecule is CC1=NN(c2ccc([N+](=O)[O-])cc2[N+](=O)[O-])C(=O)/C1=C\c1cccc(N(C)C)c1. The predicted octanol–water partition coefficient (Wildman–Crippen LogP) is 3.38. The van der Waals surface area contributed by atoms with Crippen LogP contribution in [-0.4, -0.2) is 35.6 Å². The van der Waals surface area contributed by atoms with Crippen LogP contribution < -0.4 is 9.91 Å². The summed E-state index contributed by atoms with van der Waals surface area (Å²) in [7, 11) is 3.80. The van der Waals surface area contributed by atoms with Crippen molar-refractivity contribution in [1.82, 2.24) is 0 Å². The van der Waals surface area contributed by atoms with Crippen LogP contribution in [0.15, 0.2) is 53.1 Å². The van der Waals surface area contributed by atoms with E-state index >= 15 is 0 Å². The van der Waals surface area contributed by atoms with Crippen LogP contribution in [0.25, 0.3) is 6.08 Å². The molecule has 0 fully saturated rings. The van der Waals surface area contributed by atoms with E-state index in [4.69, 9.17) is 0 Å². The van der Waals surface area contributed by atoms with Crippen LogP contribution in [0.4, 0.5) is 22.7 Å². The average molecular weight is 395 g/mol. The van der Waals surface area contributed by atoms with Crippen LogP contribution in [0.3, 0.4) is 0 Å². The third-order valence-electron chi connectivity index (χ3n) is 4.35. The molecular weight excluding hydrogens is 378 g/mol. The molecule has 0 spiro atoms.